The zero-order valence-electron chi connectivity index (χ0n) is 13.1. The second-order valence-electron chi connectivity index (χ2n) is 6.39. The number of piperidine rings is 1. The van der Waals surface area contributed by atoms with Crippen LogP contribution in [0, 0.1) is 0 Å². The van der Waals surface area contributed by atoms with Gasteiger partial charge in [0.15, 0.2) is 6.10 Å². The molecule has 2 aliphatic rings. The minimum absolute atomic E-state index is 0.0210. The third-order valence-electron chi connectivity index (χ3n) is 4.79. The third kappa shape index (κ3) is 4.46. The maximum Gasteiger partial charge on any atom is 0.415 e. The van der Waals surface area contributed by atoms with Gasteiger partial charge in [-0.15, -0.1) is 0 Å². The molecule has 0 amide bonds. The Bertz CT molecular complexity index is 486. The van der Waals surface area contributed by atoms with Crippen LogP contribution < -0.4 is 0 Å². The molecular weight excluding hydrogens is 305 g/mol. The quantitative estimate of drug-likeness (QED) is 0.848. The summed E-state index contributed by atoms with van der Waals surface area (Å²) in [6, 6.07) is 10.5. The SMILES string of the molecule is FC(F)(F)[C@@H]1CN(C2CCN(Cc3ccccc3)CC2)CCO1. The van der Waals surface area contributed by atoms with Crippen molar-refractivity contribution >= 4 is 0 Å². The predicted octanol–water partition coefficient (Wildman–Crippen LogP) is 2.91. The van der Waals surface area contributed by atoms with Crippen molar-refractivity contribution in [3.63, 3.8) is 0 Å². The first-order chi connectivity index (χ1) is 11.0. The number of alkyl halides is 3. The molecule has 0 saturated carbocycles. The lowest BCUT2D eigenvalue weighted by molar-refractivity contribution is -0.240. The predicted molar refractivity (Wildman–Crippen MR) is 82.1 cm³/mol. The molecule has 2 heterocycles. The summed E-state index contributed by atoms with van der Waals surface area (Å²) >= 11 is 0. The molecule has 0 N–H and O–H groups in total. The highest BCUT2D eigenvalue weighted by atomic mass is 19.4. The van der Waals surface area contributed by atoms with Crippen LogP contribution >= 0.6 is 0 Å². The number of morpholine rings is 1. The topological polar surface area (TPSA) is 15.7 Å². The van der Waals surface area contributed by atoms with E-state index in [1.807, 2.05) is 23.1 Å². The van der Waals surface area contributed by atoms with E-state index in [2.05, 4.69) is 17.0 Å². The summed E-state index contributed by atoms with van der Waals surface area (Å²) in [6.45, 7) is 3.56. The van der Waals surface area contributed by atoms with Crippen LogP contribution in [0.2, 0.25) is 0 Å². The number of likely N-dealkylation sites (tertiary alicyclic amines) is 1. The highest BCUT2D eigenvalue weighted by Gasteiger charge is 2.44. The Kier molecular flexibility index (Phi) is 5.24. The fourth-order valence-corrected chi connectivity index (χ4v) is 3.48. The smallest absolute Gasteiger partial charge is 0.366 e. The third-order valence-corrected chi connectivity index (χ3v) is 4.79. The van der Waals surface area contributed by atoms with Crippen molar-refractivity contribution < 1.29 is 17.9 Å². The van der Waals surface area contributed by atoms with Crippen LogP contribution in [0.5, 0.6) is 0 Å². The van der Waals surface area contributed by atoms with Gasteiger partial charge in [-0.1, -0.05) is 30.3 Å². The lowest BCUT2D eigenvalue weighted by Crippen LogP contribution is -2.54. The maximum atomic E-state index is 12.8. The van der Waals surface area contributed by atoms with Gasteiger partial charge in [-0.25, -0.2) is 0 Å². The van der Waals surface area contributed by atoms with E-state index in [-0.39, 0.29) is 19.2 Å². The van der Waals surface area contributed by atoms with Crippen molar-refractivity contribution in [3.05, 3.63) is 35.9 Å². The van der Waals surface area contributed by atoms with E-state index in [0.717, 1.165) is 32.5 Å². The molecule has 2 saturated heterocycles. The minimum Gasteiger partial charge on any atom is -0.366 e. The Hall–Kier alpha value is -1.11. The van der Waals surface area contributed by atoms with Crippen molar-refractivity contribution in [2.24, 2.45) is 0 Å². The van der Waals surface area contributed by atoms with E-state index in [0.29, 0.717) is 6.54 Å². The highest BCUT2D eigenvalue weighted by Crippen LogP contribution is 2.28. The molecule has 0 aromatic heterocycles. The Balaban J connectivity index is 1.49. The fraction of sp³-hybridized carbons (Fsp3) is 0.647. The van der Waals surface area contributed by atoms with Gasteiger partial charge in [0.1, 0.15) is 0 Å². The minimum atomic E-state index is -4.26. The number of hydrogen-bond donors (Lipinski definition) is 0. The zero-order chi connectivity index (χ0) is 16.3. The Labute approximate surface area is 135 Å². The summed E-state index contributed by atoms with van der Waals surface area (Å²) in [5.74, 6) is 0. The van der Waals surface area contributed by atoms with Gasteiger partial charge in [-0.2, -0.15) is 13.2 Å². The molecule has 3 nitrogen and oxygen atoms in total. The first kappa shape index (κ1) is 16.7. The molecule has 0 unspecified atom stereocenters. The van der Waals surface area contributed by atoms with E-state index in [1.165, 1.54) is 5.56 Å². The van der Waals surface area contributed by atoms with Gasteiger partial charge in [-0.3, -0.25) is 9.80 Å². The molecule has 2 fully saturated rings. The summed E-state index contributed by atoms with van der Waals surface area (Å²) in [6.07, 6.45) is -4.03. The Morgan fingerprint density at radius 3 is 2.39 bits per heavy atom. The van der Waals surface area contributed by atoms with Crippen molar-refractivity contribution in [2.45, 2.75) is 37.7 Å². The number of benzene rings is 1. The molecule has 2 aliphatic heterocycles. The number of hydrogen-bond acceptors (Lipinski definition) is 3. The molecule has 1 atom stereocenters. The number of halogens is 3. The summed E-state index contributed by atoms with van der Waals surface area (Å²) in [7, 11) is 0. The zero-order valence-corrected chi connectivity index (χ0v) is 13.1. The lowest BCUT2D eigenvalue weighted by Gasteiger charge is -2.42. The Morgan fingerprint density at radius 2 is 1.74 bits per heavy atom. The molecule has 0 spiro atoms. The van der Waals surface area contributed by atoms with Crippen molar-refractivity contribution in [2.75, 3.05) is 32.8 Å². The van der Waals surface area contributed by atoms with Gasteiger partial charge < -0.3 is 4.74 Å². The van der Waals surface area contributed by atoms with E-state index in [9.17, 15) is 13.2 Å². The molecule has 1 aromatic carbocycles. The van der Waals surface area contributed by atoms with E-state index >= 15 is 0 Å². The number of ether oxygens (including phenoxy) is 1. The van der Waals surface area contributed by atoms with E-state index in [1.54, 1.807) is 0 Å². The second-order valence-corrected chi connectivity index (χ2v) is 6.39. The second kappa shape index (κ2) is 7.20. The van der Waals surface area contributed by atoms with Crippen LogP contribution in [0.3, 0.4) is 0 Å². The normalized spacial score (nSPS) is 25.6. The molecule has 0 aliphatic carbocycles. The summed E-state index contributed by atoms with van der Waals surface area (Å²) in [4.78, 5) is 4.36. The highest BCUT2D eigenvalue weighted by molar-refractivity contribution is 5.14. The number of rotatable bonds is 3. The molecule has 23 heavy (non-hydrogen) atoms. The van der Waals surface area contributed by atoms with Crippen LogP contribution in [0.4, 0.5) is 13.2 Å². The van der Waals surface area contributed by atoms with Crippen LogP contribution in [0.1, 0.15) is 18.4 Å². The fourth-order valence-electron chi connectivity index (χ4n) is 3.48. The van der Waals surface area contributed by atoms with Crippen molar-refractivity contribution in [1.82, 2.24) is 9.80 Å². The molecular formula is C17H23F3N2O. The molecule has 1 aromatic rings. The van der Waals surface area contributed by atoms with Crippen LogP contribution in [-0.4, -0.2) is 60.9 Å². The van der Waals surface area contributed by atoms with Crippen LogP contribution in [-0.2, 0) is 11.3 Å². The monoisotopic (exact) mass is 328 g/mol. The average Bonchev–Trinajstić information content (AvgIpc) is 2.56. The van der Waals surface area contributed by atoms with Gasteiger partial charge in [0, 0.05) is 25.7 Å². The molecule has 128 valence electrons. The van der Waals surface area contributed by atoms with E-state index in [4.69, 9.17) is 4.74 Å². The van der Waals surface area contributed by atoms with Crippen molar-refractivity contribution in [3.8, 4) is 0 Å². The summed E-state index contributed by atoms with van der Waals surface area (Å²) < 4.78 is 43.4. The average molecular weight is 328 g/mol. The first-order valence-corrected chi connectivity index (χ1v) is 8.21. The molecule has 3 rings (SSSR count). The van der Waals surface area contributed by atoms with Gasteiger partial charge in [-0.05, 0) is 31.5 Å². The lowest BCUT2D eigenvalue weighted by atomic mass is 10.0. The van der Waals surface area contributed by atoms with Crippen molar-refractivity contribution in [1.29, 1.82) is 0 Å². The van der Waals surface area contributed by atoms with Crippen LogP contribution in [0.25, 0.3) is 0 Å². The molecule has 0 bridgehead atoms. The van der Waals surface area contributed by atoms with Gasteiger partial charge >= 0.3 is 6.18 Å². The van der Waals surface area contributed by atoms with Gasteiger partial charge in [0.2, 0.25) is 0 Å². The number of nitrogens with zero attached hydrogens (tertiary/aromatic N) is 2. The van der Waals surface area contributed by atoms with Gasteiger partial charge in [0.05, 0.1) is 6.61 Å². The molecule has 6 heteroatoms. The van der Waals surface area contributed by atoms with Crippen LogP contribution in [0.15, 0.2) is 30.3 Å². The van der Waals surface area contributed by atoms with Gasteiger partial charge in [0.25, 0.3) is 0 Å². The maximum absolute atomic E-state index is 12.8. The molecule has 0 radical (unpaired) electrons. The first-order valence-electron chi connectivity index (χ1n) is 8.21. The Morgan fingerprint density at radius 1 is 1.04 bits per heavy atom. The largest absolute Gasteiger partial charge is 0.415 e. The standard InChI is InChI=1S/C17H23F3N2O/c18-17(19,20)16-13-22(10-11-23-16)15-6-8-21(9-7-15)12-14-4-2-1-3-5-14/h1-5,15-16H,6-13H2/t16-/m0/s1. The summed E-state index contributed by atoms with van der Waals surface area (Å²) in [5, 5.41) is 0. The van der Waals surface area contributed by atoms with E-state index < -0.39 is 12.3 Å². The summed E-state index contributed by atoms with van der Waals surface area (Å²) in [5.41, 5.74) is 1.29.